The smallest absolute Gasteiger partial charge is 0.383 e. The summed E-state index contributed by atoms with van der Waals surface area (Å²) in [7, 11) is 0.756. The zero-order valence-corrected chi connectivity index (χ0v) is 22.1. The first-order chi connectivity index (χ1) is 20.0. The third kappa shape index (κ3) is 5.15. The lowest BCUT2D eigenvalue weighted by molar-refractivity contribution is -0.284. The van der Waals surface area contributed by atoms with Crippen LogP contribution in [0.5, 0.6) is 0 Å². The lowest BCUT2D eigenvalue weighted by atomic mass is 9.93. The molecule has 0 saturated heterocycles. The minimum Gasteiger partial charge on any atom is -0.383 e. The fraction of sp³-hybridized carbons (Fsp3) is 0.172. The number of methoxy groups -OCH3 is 1. The van der Waals surface area contributed by atoms with E-state index in [0.29, 0.717) is 5.69 Å². The maximum atomic E-state index is 15.3. The van der Waals surface area contributed by atoms with Crippen molar-refractivity contribution in [2.45, 2.75) is 18.4 Å². The number of rotatable bonds is 9. The van der Waals surface area contributed by atoms with Gasteiger partial charge in [-0.15, -0.1) is 0 Å². The third-order valence-electron chi connectivity index (χ3n) is 6.53. The number of aromatic nitrogens is 2. The zero-order valence-electron chi connectivity index (χ0n) is 22.1. The van der Waals surface area contributed by atoms with Gasteiger partial charge in [0.05, 0.1) is 34.3 Å². The highest BCUT2D eigenvalue weighted by molar-refractivity contribution is 6.03. The Morgan fingerprint density at radius 3 is 2.38 bits per heavy atom. The second kappa shape index (κ2) is 11.7. The van der Waals surface area contributed by atoms with Gasteiger partial charge in [0.1, 0.15) is 18.6 Å². The van der Waals surface area contributed by atoms with Gasteiger partial charge in [-0.1, -0.05) is 36.9 Å². The van der Waals surface area contributed by atoms with Gasteiger partial charge in [-0.3, -0.25) is 9.59 Å². The van der Waals surface area contributed by atoms with Crippen molar-refractivity contribution in [1.82, 2.24) is 14.9 Å². The standard InChI is InChI=1S/C29H24F4N6O3/c1-3-21(40)37-20-11-9-17(10-12-20)25-23(22-24(39(25)14-13-30)19(15-34)16-36-26(22)35)28(42-2,29(31,32)33)38-27(41)18-7-5-4-6-8-18/h3-12,16H,1,13-14H2,2H3,(H2,35,36)(H,37,40)(H,38,41). The molecule has 42 heavy (non-hydrogen) atoms. The molecule has 13 heteroatoms. The molecule has 2 aromatic heterocycles. The summed E-state index contributed by atoms with van der Waals surface area (Å²) in [6.45, 7) is 1.86. The topological polar surface area (TPSA) is 135 Å². The number of hydrogen-bond acceptors (Lipinski definition) is 6. The number of nitrogens with one attached hydrogen (secondary N) is 2. The van der Waals surface area contributed by atoms with Crippen molar-refractivity contribution < 1.29 is 31.9 Å². The number of carbonyl (C=O) groups is 2. The van der Waals surface area contributed by atoms with Crippen molar-refractivity contribution in [3.63, 3.8) is 0 Å². The van der Waals surface area contributed by atoms with Gasteiger partial charge in [0.2, 0.25) is 5.91 Å². The number of nitrogen functional groups attached to an aromatic ring is 1. The molecule has 0 bridgehead atoms. The van der Waals surface area contributed by atoms with Crippen molar-refractivity contribution in [3.05, 3.63) is 90.1 Å². The van der Waals surface area contributed by atoms with Gasteiger partial charge in [0, 0.05) is 24.6 Å². The molecule has 0 fully saturated rings. The number of aryl methyl sites for hydroxylation is 1. The van der Waals surface area contributed by atoms with E-state index in [-0.39, 0.29) is 33.3 Å². The number of carbonyl (C=O) groups excluding carboxylic acids is 2. The van der Waals surface area contributed by atoms with Crippen molar-refractivity contribution in [1.29, 1.82) is 5.26 Å². The Labute approximate surface area is 237 Å². The van der Waals surface area contributed by atoms with E-state index in [1.54, 1.807) is 6.07 Å². The second-order valence-corrected chi connectivity index (χ2v) is 8.93. The van der Waals surface area contributed by atoms with Crippen LogP contribution in [0.15, 0.2) is 73.4 Å². The first-order valence-electron chi connectivity index (χ1n) is 12.3. The maximum absolute atomic E-state index is 15.3. The van der Waals surface area contributed by atoms with Crippen LogP contribution in [0.1, 0.15) is 21.5 Å². The number of alkyl halides is 4. The molecule has 4 N–H and O–H groups in total. The molecule has 0 spiro atoms. The lowest BCUT2D eigenvalue weighted by Crippen LogP contribution is -2.57. The monoisotopic (exact) mass is 580 g/mol. The molecule has 0 aliphatic heterocycles. The molecular weight excluding hydrogens is 556 g/mol. The summed E-state index contributed by atoms with van der Waals surface area (Å²) in [5, 5.41) is 14.0. The van der Waals surface area contributed by atoms with E-state index in [1.165, 1.54) is 53.1 Å². The highest BCUT2D eigenvalue weighted by atomic mass is 19.4. The summed E-state index contributed by atoms with van der Waals surface area (Å²) in [6, 6.07) is 14.6. The average Bonchev–Trinajstić information content (AvgIpc) is 3.32. The Morgan fingerprint density at radius 1 is 1.17 bits per heavy atom. The van der Waals surface area contributed by atoms with Crippen LogP contribution in [0.3, 0.4) is 0 Å². The number of benzene rings is 2. The van der Waals surface area contributed by atoms with Gasteiger partial charge in [-0.2, -0.15) is 18.4 Å². The molecular formula is C29H24F4N6O3. The predicted octanol–water partition coefficient (Wildman–Crippen LogP) is 5.04. The highest BCUT2D eigenvalue weighted by Crippen LogP contribution is 2.50. The molecule has 1 unspecified atom stereocenters. The van der Waals surface area contributed by atoms with E-state index in [2.05, 4.69) is 16.9 Å². The van der Waals surface area contributed by atoms with E-state index in [9.17, 15) is 19.2 Å². The molecule has 2 heterocycles. The van der Waals surface area contributed by atoms with E-state index in [0.717, 1.165) is 19.4 Å². The lowest BCUT2D eigenvalue weighted by Gasteiger charge is -2.36. The number of ether oxygens (including phenoxy) is 1. The van der Waals surface area contributed by atoms with Crippen LogP contribution in [0, 0.1) is 11.3 Å². The van der Waals surface area contributed by atoms with Crippen LogP contribution in [0.2, 0.25) is 0 Å². The van der Waals surface area contributed by atoms with Crippen molar-refractivity contribution >= 4 is 34.2 Å². The number of halogens is 4. The Kier molecular flexibility index (Phi) is 8.30. The summed E-state index contributed by atoms with van der Waals surface area (Å²) in [5.41, 5.74) is 1.65. The Balaban J connectivity index is 2.14. The molecule has 2 amide bonds. The molecule has 216 valence electrons. The number of pyridine rings is 1. The van der Waals surface area contributed by atoms with E-state index >= 15 is 13.2 Å². The predicted molar refractivity (Wildman–Crippen MR) is 148 cm³/mol. The van der Waals surface area contributed by atoms with Crippen LogP contribution < -0.4 is 16.4 Å². The minimum atomic E-state index is -5.32. The fourth-order valence-corrected chi connectivity index (χ4v) is 4.71. The molecule has 0 saturated carbocycles. The number of anilines is 2. The van der Waals surface area contributed by atoms with Crippen LogP contribution >= 0.6 is 0 Å². The summed E-state index contributed by atoms with van der Waals surface area (Å²) in [5.74, 6) is -2.06. The quantitative estimate of drug-likeness (QED) is 0.144. The van der Waals surface area contributed by atoms with Gasteiger partial charge >= 0.3 is 6.18 Å². The SMILES string of the molecule is C=CC(=O)Nc1ccc(-c2c(C(NC(=O)c3ccccc3)(OC)C(F)(F)F)c3c(N)ncc(C#N)c3n2CCF)cc1. The Bertz CT molecular complexity index is 1700. The number of nitrogens with zero attached hydrogens (tertiary/aromatic N) is 3. The molecule has 4 rings (SSSR count). The minimum absolute atomic E-state index is 0.0941. The zero-order chi connectivity index (χ0) is 30.7. The summed E-state index contributed by atoms with van der Waals surface area (Å²) < 4.78 is 66.3. The molecule has 4 aromatic rings. The molecule has 0 aliphatic rings. The maximum Gasteiger partial charge on any atom is 0.441 e. The van der Waals surface area contributed by atoms with Crippen LogP contribution in [-0.4, -0.2) is 41.3 Å². The van der Waals surface area contributed by atoms with Crippen LogP contribution in [0.4, 0.5) is 29.1 Å². The Hall–Kier alpha value is -5.22. The third-order valence-corrected chi connectivity index (χ3v) is 6.53. The van der Waals surface area contributed by atoms with Crippen LogP contribution in [-0.2, 0) is 21.8 Å². The van der Waals surface area contributed by atoms with Gasteiger partial charge < -0.3 is 25.7 Å². The molecule has 2 aromatic carbocycles. The van der Waals surface area contributed by atoms with E-state index in [4.69, 9.17) is 10.5 Å². The molecule has 1 atom stereocenters. The van der Waals surface area contributed by atoms with E-state index < -0.39 is 48.3 Å². The van der Waals surface area contributed by atoms with Crippen molar-refractivity contribution in [3.8, 4) is 17.3 Å². The Morgan fingerprint density at radius 2 is 1.83 bits per heavy atom. The summed E-state index contributed by atoms with van der Waals surface area (Å²) in [6.07, 6.45) is -3.21. The summed E-state index contributed by atoms with van der Waals surface area (Å²) >= 11 is 0. The number of nitriles is 1. The normalized spacial score (nSPS) is 12.8. The van der Waals surface area contributed by atoms with Crippen molar-refractivity contribution in [2.24, 2.45) is 0 Å². The van der Waals surface area contributed by atoms with Crippen molar-refractivity contribution in [2.75, 3.05) is 24.8 Å². The van der Waals surface area contributed by atoms with Gasteiger partial charge in [0.25, 0.3) is 11.6 Å². The van der Waals surface area contributed by atoms with Gasteiger partial charge in [-0.05, 0) is 35.9 Å². The molecule has 0 radical (unpaired) electrons. The molecule has 0 aliphatic carbocycles. The van der Waals surface area contributed by atoms with Gasteiger partial charge in [0.15, 0.2) is 0 Å². The van der Waals surface area contributed by atoms with Gasteiger partial charge in [-0.25, -0.2) is 9.37 Å². The van der Waals surface area contributed by atoms with Crippen LogP contribution in [0.25, 0.3) is 22.2 Å². The number of amides is 2. The molecule has 9 nitrogen and oxygen atoms in total. The highest BCUT2D eigenvalue weighted by Gasteiger charge is 2.61. The summed E-state index contributed by atoms with van der Waals surface area (Å²) in [4.78, 5) is 28.9. The first-order valence-corrected chi connectivity index (χ1v) is 12.3. The second-order valence-electron chi connectivity index (χ2n) is 8.93. The van der Waals surface area contributed by atoms with E-state index in [1.807, 2.05) is 11.4 Å². The number of hydrogen-bond donors (Lipinski definition) is 3. The number of nitrogens with two attached hydrogens (primary N) is 1. The largest absolute Gasteiger partial charge is 0.441 e. The first kappa shape index (κ1) is 29.8. The average molecular weight is 581 g/mol. The number of fused-ring (bicyclic) bond motifs is 1. The fourth-order valence-electron chi connectivity index (χ4n) is 4.71.